The Balaban J connectivity index is 2.33. The summed E-state index contributed by atoms with van der Waals surface area (Å²) in [5, 5.41) is 0. The van der Waals surface area contributed by atoms with E-state index in [-0.39, 0.29) is 24.7 Å². The second-order valence-corrected chi connectivity index (χ2v) is 5.39. The van der Waals surface area contributed by atoms with E-state index in [1.807, 2.05) is 0 Å². The number of hydrogen-bond donors (Lipinski definition) is 1. The third kappa shape index (κ3) is 5.17. The minimum atomic E-state index is -3.22. The van der Waals surface area contributed by atoms with Crippen molar-refractivity contribution < 1.29 is 17.5 Å². The molecule has 0 heterocycles. The summed E-state index contributed by atoms with van der Waals surface area (Å²) < 4.78 is 42.5. The molecule has 98 valence electrons. The van der Waals surface area contributed by atoms with Crippen LogP contribution in [0.1, 0.15) is 6.92 Å². The second kappa shape index (κ2) is 6.99. The quantitative estimate of drug-likeness (QED) is 0.817. The Morgan fingerprint density at radius 1 is 1.33 bits per heavy atom. The molecule has 0 atom stereocenters. The van der Waals surface area contributed by atoms with Crippen LogP contribution < -0.4 is 9.46 Å². The topological polar surface area (TPSA) is 55.4 Å². The van der Waals surface area contributed by atoms with Gasteiger partial charge in [-0.3, -0.25) is 0 Å². The maximum absolute atomic E-state index is 13.1. The van der Waals surface area contributed by atoms with Crippen LogP contribution in [0.4, 0.5) is 4.39 Å². The predicted octanol–water partition coefficient (Wildman–Crippen LogP) is 1.15. The monoisotopic (exact) mass is 271 g/mol. The van der Waals surface area contributed by atoms with Crippen LogP contribution in [0.5, 0.6) is 5.75 Å². The fraction of sp³-hybridized carbons (Fsp3) is 0.333. The zero-order valence-electron chi connectivity index (χ0n) is 9.94. The summed E-state index contributed by atoms with van der Waals surface area (Å²) in [4.78, 5) is 0. The molecule has 0 aliphatic heterocycles. The van der Waals surface area contributed by atoms with E-state index in [0.717, 1.165) is 0 Å². The molecule has 0 spiro atoms. The lowest BCUT2D eigenvalue weighted by atomic mass is 10.3. The third-order valence-electron chi connectivity index (χ3n) is 2.02. The molecular weight excluding hydrogens is 257 g/mol. The van der Waals surface area contributed by atoms with E-state index in [9.17, 15) is 12.8 Å². The summed E-state index contributed by atoms with van der Waals surface area (Å²) in [6.07, 6.45) is 0. The Morgan fingerprint density at radius 3 is 2.72 bits per heavy atom. The standard InChI is InChI=1S/C12H14FNO3S/c1-2-18(15,16)14-9-5-6-10-17-12-8-4-3-7-11(12)13/h3-4,7-8,14H,2,9-10H2,1H3. The Morgan fingerprint density at radius 2 is 2.06 bits per heavy atom. The van der Waals surface area contributed by atoms with Crippen molar-refractivity contribution in [1.82, 2.24) is 4.72 Å². The smallest absolute Gasteiger partial charge is 0.212 e. The SMILES string of the molecule is CCS(=O)(=O)NCC#CCOc1ccccc1F. The largest absolute Gasteiger partial charge is 0.478 e. The van der Waals surface area contributed by atoms with Gasteiger partial charge in [0.1, 0.15) is 6.61 Å². The summed E-state index contributed by atoms with van der Waals surface area (Å²) >= 11 is 0. The molecule has 0 aliphatic carbocycles. The first kappa shape index (κ1) is 14.5. The number of benzene rings is 1. The van der Waals surface area contributed by atoms with Crippen LogP contribution in [0.3, 0.4) is 0 Å². The number of hydrogen-bond acceptors (Lipinski definition) is 3. The average molecular weight is 271 g/mol. The van der Waals surface area contributed by atoms with Gasteiger partial charge in [0.15, 0.2) is 11.6 Å². The van der Waals surface area contributed by atoms with E-state index in [2.05, 4.69) is 16.6 Å². The van der Waals surface area contributed by atoms with Gasteiger partial charge in [-0.25, -0.2) is 17.5 Å². The van der Waals surface area contributed by atoms with E-state index < -0.39 is 15.8 Å². The number of sulfonamides is 1. The van der Waals surface area contributed by atoms with Crippen molar-refractivity contribution in [3.05, 3.63) is 30.1 Å². The molecule has 6 heteroatoms. The molecule has 0 aromatic heterocycles. The summed E-state index contributed by atoms with van der Waals surface area (Å²) in [6, 6.07) is 6.00. The summed E-state index contributed by atoms with van der Waals surface area (Å²) in [5.74, 6) is 4.86. The molecule has 0 saturated heterocycles. The minimum absolute atomic E-state index is 0.00872. The molecule has 0 aliphatic rings. The van der Waals surface area contributed by atoms with Crippen molar-refractivity contribution >= 4 is 10.0 Å². The normalized spacial score (nSPS) is 10.6. The maximum Gasteiger partial charge on any atom is 0.212 e. The number of halogens is 1. The highest BCUT2D eigenvalue weighted by atomic mass is 32.2. The first-order chi connectivity index (χ1) is 8.55. The molecule has 4 nitrogen and oxygen atoms in total. The van der Waals surface area contributed by atoms with Crippen molar-refractivity contribution in [1.29, 1.82) is 0 Å². The molecular formula is C12H14FNO3S. The molecule has 18 heavy (non-hydrogen) atoms. The van der Waals surface area contributed by atoms with Gasteiger partial charge in [0.05, 0.1) is 12.3 Å². The first-order valence-corrected chi connectivity index (χ1v) is 7.01. The summed E-state index contributed by atoms with van der Waals surface area (Å²) in [7, 11) is -3.22. The molecule has 0 amide bonds. The fourth-order valence-corrected chi connectivity index (χ4v) is 1.53. The van der Waals surface area contributed by atoms with E-state index in [4.69, 9.17) is 4.74 Å². The Labute approximate surface area is 106 Å². The van der Waals surface area contributed by atoms with Crippen LogP contribution in [0, 0.1) is 17.7 Å². The zero-order chi connectivity index (χ0) is 13.4. The van der Waals surface area contributed by atoms with Crippen LogP contribution >= 0.6 is 0 Å². The molecule has 0 bridgehead atoms. The van der Waals surface area contributed by atoms with Crippen molar-refractivity contribution in [3.8, 4) is 17.6 Å². The third-order valence-corrected chi connectivity index (χ3v) is 3.37. The summed E-state index contributed by atoms with van der Waals surface area (Å²) in [6.45, 7) is 1.57. The van der Waals surface area contributed by atoms with Crippen LogP contribution in [-0.4, -0.2) is 27.3 Å². The molecule has 1 aromatic carbocycles. The first-order valence-electron chi connectivity index (χ1n) is 5.35. The number of ether oxygens (including phenoxy) is 1. The molecule has 0 fully saturated rings. The number of para-hydroxylation sites is 1. The van der Waals surface area contributed by atoms with Crippen LogP contribution in [0.25, 0.3) is 0 Å². The van der Waals surface area contributed by atoms with E-state index in [1.165, 1.54) is 19.1 Å². The van der Waals surface area contributed by atoms with Gasteiger partial charge in [0.25, 0.3) is 0 Å². The zero-order valence-corrected chi connectivity index (χ0v) is 10.8. The van der Waals surface area contributed by atoms with Gasteiger partial charge in [-0.1, -0.05) is 24.0 Å². The molecule has 0 radical (unpaired) electrons. The Bertz CT molecular complexity index is 546. The highest BCUT2D eigenvalue weighted by Gasteiger charge is 2.02. The van der Waals surface area contributed by atoms with Crippen molar-refractivity contribution in [2.24, 2.45) is 0 Å². The predicted molar refractivity (Wildman–Crippen MR) is 67.1 cm³/mol. The van der Waals surface area contributed by atoms with E-state index >= 15 is 0 Å². The highest BCUT2D eigenvalue weighted by molar-refractivity contribution is 7.89. The van der Waals surface area contributed by atoms with Crippen LogP contribution in [0.15, 0.2) is 24.3 Å². The number of rotatable bonds is 5. The molecule has 1 N–H and O–H groups in total. The molecule has 1 aromatic rings. The van der Waals surface area contributed by atoms with Gasteiger partial charge >= 0.3 is 0 Å². The average Bonchev–Trinajstić information content (AvgIpc) is 2.35. The highest BCUT2D eigenvalue weighted by Crippen LogP contribution is 2.14. The molecule has 0 saturated carbocycles. The van der Waals surface area contributed by atoms with Gasteiger partial charge in [-0.2, -0.15) is 0 Å². The van der Waals surface area contributed by atoms with E-state index in [0.29, 0.717) is 0 Å². The summed E-state index contributed by atoms with van der Waals surface area (Å²) in [5.41, 5.74) is 0. The van der Waals surface area contributed by atoms with Gasteiger partial charge in [0.2, 0.25) is 10.0 Å². The van der Waals surface area contributed by atoms with Gasteiger partial charge in [-0.05, 0) is 19.1 Å². The maximum atomic E-state index is 13.1. The second-order valence-electron chi connectivity index (χ2n) is 3.30. The Hall–Kier alpha value is -1.58. The van der Waals surface area contributed by atoms with Crippen LogP contribution in [-0.2, 0) is 10.0 Å². The van der Waals surface area contributed by atoms with Gasteiger partial charge < -0.3 is 4.74 Å². The van der Waals surface area contributed by atoms with Crippen molar-refractivity contribution in [2.75, 3.05) is 18.9 Å². The van der Waals surface area contributed by atoms with Gasteiger partial charge in [-0.15, -0.1) is 0 Å². The van der Waals surface area contributed by atoms with Crippen LogP contribution in [0.2, 0.25) is 0 Å². The number of nitrogens with one attached hydrogen (secondary N) is 1. The lowest BCUT2D eigenvalue weighted by Gasteiger charge is -2.02. The molecule has 0 unspecified atom stereocenters. The fourth-order valence-electron chi connectivity index (χ4n) is 1.04. The van der Waals surface area contributed by atoms with E-state index in [1.54, 1.807) is 12.1 Å². The lowest BCUT2D eigenvalue weighted by Crippen LogP contribution is -2.25. The van der Waals surface area contributed by atoms with Gasteiger partial charge in [0, 0.05) is 0 Å². The van der Waals surface area contributed by atoms with Crippen molar-refractivity contribution in [3.63, 3.8) is 0 Å². The molecule has 1 rings (SSSR count). The van der Waals surface area contributed by atoms with Crippen molar-refractivity contribution in [2.45, 2.75) is 6.92 Å². The lowest BCUT2D eigenvalue weighted by molar-refractivity contribution is 0.348. The minimum Gasteiger partial charge on any atom is -0.478 e. The Kier molecular flexibility index (Phi) is 5.62.